The predicted octanol–water partition coefficient (Wildman–Crippen LogP) is 4.91. The molecule has 3 aromatic carbocycles. The standard InChI is InChI=1S/C31H33NO6/c1-31(2)36-28-26(34-20-22-14-8-4-9-15-22)24-18-25(38-32(24)19-21-12-6-3-7-13-21)27(29(28)37-31)35-30(33)23-16-10-5-11-17-23/h3-17,24-29H,18-20H2,1-2H3/t24-,25+,26-,27+,28+,29+/m1/s1. The van der Waals surface area contributed by atoms with Gasteiger partial charge in [-0.15, -0.1) is 0 Å². The number of carbonyl (C=O) groups excluding carboxylic acids is 1. The van der Waals surface area contributed by atoms with Gasteiger partial charge in [0.1, 0.15) is 24.4 Å². The lowest BCUT2D eigenvalue weighted by molar-refractivity contribution is -0.237. The smallest absolute Gasteiger partial charge is 0.338 e. The van der Waals surface area contributed by atoms with Crippen molar-refractivity contribution in [2.45, 2.75) is 75.8 Å². The minimum absolute atomic E-state index is 0.116. The minimum atomic E-state index is -0.859. The summed E-state index contributed by atoms with van der Waals surface area (Å²) in [5.41, 5.74) is 2.68. The molecule has 3 aromatic rings. The zero-order valence-electron chi connectivity index (χ0n) is 21.6. The number of fused-ring (bicyclic) bond motifs is 3. The van der Waals surface area contributed by atoms with Gasteiger partial charge in [-0.25, -0.2) is 4.79 Å². The first kappa shape index (κ1) is 25.2. The third-order valence-corrected chi connectivity index (χ3v) is 7.39. The second kappa shape index (κ2) is 10.6. The number of rotatable bonds is 7. The molecule has 2 aliphatic heterocycles. The van der Waals surface area contributed by atoms with Crippen molar-refractivity contribution in [3.63, 3.8) is 0 Å². The zero-order valence-corrected chi connectivity index (χ0v) is 21.6. The molecular weight excluding hydrogens is 482 g/mol. The molecule has 0 unspecified atom stereocenters. The molecule has 7 nitrogen and oxygen atoms in total. The number of nitrogens with zero attached hydrogens (tertiary/aromatic N) is 1. The van der Waals surface area contributed by atoms with Crippen molar-refractivity contribution in [2.75, 3.05) is 0 Å². The molecule has 0 spiro atoms. The highest BCUT2D eigenvalue weighted by molar-refractivity contribution is 5.89. The molecule has 0 radical (unpaired) electrons. The number of hydrogen-bond donors (Lipinski definition) is 0. The lowest BCUT2D eigenvalue weighted by Gasteiger charge is -2.37. The van der Waals surface area contributed by atoms with Gasteiger partial charge in [-0.1, -0.05) is 78.9 Å². The molecule has 7 heteroatoms. The van der Waals surface area contributed by atoms with Crippen LogP contribution in [0.5, 0.6) is 0 Å². The van der Waals surface area contributed by atoms with Gasteiger partial charge >= 0.3 is 5.97 Å². The quantitative estimate of drug-likeness (QED) is 0.415. The van der Waals surface area contributed by atoms with E-state index in [1.54, 1.807) is 12.1 Å². The summed E-state index contributed by atoms with van der Waals surface area (Å²) in [5, 5.41) is 1.98. The molecule has 3 aliphatic rings. The number of carbonyl (C=O) groups is 1. The van der Waals surface area contributed by atoms with E-state index in [0.717, 1.165) is 11.1 Å². The molecule has 6 rings (SSSR count). The Bertz CT molecular complexity index is 1220. The highest BCUT2D eigenvalue weighted by Crippen LogP contribution is 2.44. The maximum Gasteiger partial charge on any atom is 0.338 e. The Morgan fingerprint density at radius 1 is 0.842 bits per heavy atom. The number of esters is 1. The first-order valence-corrected chi connectivity index (χ1v) is 13.2. The molecule has 198 valence electrons. The molecule has 38 heavy (non-hydrogen) atoms. The highest BCUT2D eigenvalue weighted by Gasteiger charge is 2.61. The summed E-state index contributed by atoms with van der Waals surface area (Å²) < 4.78 is 25.7. The fraction of sp³-hybridized carbons (Fsp3) is 0.387. The van der Waals surface area contributed by atoms with E-state index in [1.165, 1.54) is 0 Å². The molecule has 1 saturated carbocycles. The Labute approximate surface area is 223 Å². The van der Waals surface area contributed by atoms with Gasteiger partial charge in [0.05, 0.1) is 18.2 Å². The Hall–Kier alpha value is -3.07. The van der Waals surface area contributed by atoms with E-state index in [-0.39, 0.29) is 12.1 Å². The van der Waals surface area contributed by atoms with Gasteiger partial charge in [-0.2, -0.15) is 5.06 Å². The molecule has 0 N–H and O–H groups in total. The molecule has 0 aromatic heterocycles. The third-order valence-electron chi connectivity index (χ3n) is 7.39. The summed E-state index contributed by atoms with van der Waals surface area (Å²) in [6.07, 6.45) is -1.78. The number of hydroxylamine groups is 2. The average Bonchev–Trinajstić information content (AvgIpc) is 3.46. The van der Waals surface area contributed by atoms with Crippen LogP contribution in [-0.2, 0) is 36.9 Å². The van der Waals surface area contributed by atoms with Crippen LogP contribution in [0.4, 0.5) is 0 Å². The van der Waals surface area contributed by atoms with Crippen molar-refractivity contribution < 1.29 is 28.6 Å². The van der Waals surface area contributed by atoms with Gasteiger partial charge in [-0.05, 0) is 43.5 Å². The van der Waals surface area contributed by atoms with Crippen molar-refractivity contribution in [3.8, 4) is 0 Å². The second-order valence-electron chi connectivity index (χ2n) is 10.6. The molecule has 2 heterocycles. The first-order chi connectivity index (χ1) is 18.5. The van der Waals surface area contributed by atoms with E-state index in [4.69, 9.17) is 23.8 Å². The summed E-state index contributed by atoms with van der Waals surface area (Å²) in [7, 11) is 0. The number of benzene rings is 3. The van der Waals surface area contributed by atoms with Gasteiger partial charge in [0.2, 0.25) is 0 Å². The maximum atomic E-state index is 13.2. The fourth-order valence-electron chi connectivity index (χ4n) is 5.70. The molecular formula is C31H33NO6. The molecule has 2 bridgehead atoms. The van der Waals surface area contributed by atoms with Crippen LogP contribution >= 0.6 is 0 Å². The monoisotopic (exact) mass is 515 g/mol. The lowest BCUT2D eigenvalue weighted by atomic mass is 10.0. The van der Waals surface area contributed by atoms with E-state index in [9.17, 15) is 4.79 Å². The Morgan fingerprint density at radius 3 is 2.08 bits per heavy atom. The van der Waals surface area contributed by atoms with Crippen LogP contribution in [0.15, 0.2) is 91.0 Å². The number of hydrogen-bond acceptors (Lipinski definition) is 7. The summed E-state index contributed by atoms with van der Waals surface area (Å²) >= 11 is 0. The molecule has 2 saturated heterocycles. The van der Waals surface area contributed by atoms with E-state index in [2.05, 4.69) is 12.1 Å². The van der Waals surface area contributed by atoms with Crippen molar-refractivity contribution in [2.24, 2.45) is 0 Å². The summed E-state index contributed by atoms with van der Waals surface area (Å²) in [4.78, 5) is 19.7. The van der Waals surface area contributed by atoms with E-state index < -0.39 is 36.2 Å². The van der Waals surface area contributed by atoms with Gasteiger partial charge in [0.15, 0.2) is 11.9 Å². The Balaban J connectivity index is 1.33. The maximum absolute atomic E-state index is 13.2. The Morgan fingerprint density at radius 2 is 1.42 bits per heavy atom. The highest BCUT2D eigenvalue weighted by atomic mass is 16.8. The third kappa shape index (κ3) is 5.25. The van der Waals surface area contributed by atoms with Crippen LogP contribution in [0, 0.1) is 0 Å². The van der Waals surface area contributed by atoms with Gasteiger partial charge in [0.25, 0.3) is 0 Å². The second-order valence-corrected chi connectivity index (χ2v) is 10.6. The van der Waals surface area contributed by atoms with Crippen LogP contribution in [0.1, 0.15) is 41.8 Å². The fourth-order valence-corrected chi connectivity index (χ4v) is 5.70. The average molecular weight is 516 g/mol. The van der Waals surface area contributed by atoms with Crippen molar-refractivity contribution in [1.29, 1.82) is 0 Å². The minimum Gasteiger partial charge on any atom is -0.453 e. The molecule has 6 atom stereocenters. The van der Waals surface area contributed by atoms with Crippen LogP contribution in [0.2, 0.25) is 0 Å². The van der Waals surface area contributed by atoms with Crippen LogP contribution in [-0.4, -0.2) is 53.4 Å². The van der Waals surface area contributed by atoms with E-state index in [0.29, 0.717) is 25.1 Å². The van der Waals surface area contributed by atoms with Crippen molar-refractivity contribution in [3.05, 3.63) is 108 Å². The summed E-state index contributed by atoms with van der Waals surface area (Å²) in [5.74, 6) is -1.27. The first-order valence-electron chi connectivity index (χ1n) is 13.2. The Kier molecular flexibility index (Phi) is 7.03. The topological polar surface area (TPSA) is 66.5 Å². The normalized spacial score (nSPS) is 29.9. The van der Waals surface area contributed by atoms with Crippen LogP contribution in [0.25, 0.3) is 0 Å². The predicted molar refractivity (Wildman–Crippen MR) is 140 cm³/mol. The zero-order chi connectivity index (χ0) is 26.1. The van der Waals surface area contributed by atoms with Crippen molar-refractivity contribution >= 4 is 5.97 Å². The van der Waals surface area contributed by atoms with Crippen LogP contribution in [0.3, 0.4) is 0 Å². The largest absolute Gasteiger partial charge is 0.453 e. The van der Waals surface area contributed by atoms with E-state index >= 15 is 0 Å². The van der Waals surface area contributed by atoms with Crippen LogP contribution < -0.4 is 0 Å². The SMILES string of the molecule is CC1(C)O[C@@H]2[C@@H](O1)[C@H](OCc1ccccc1)[C@H]1C[C@H](ON1Cc1ccccc1)[C@@H]2OC(=O)c1ccccc1. The van der Waals surface area contributed by atoms with Gasteiger partial charge in [0, 0.05) is 6.54 Å². The van der Waals surface area contributed by atoms with E-state index in [1.807, 2.05) is 85.6 Å². The molecule has 3 fully saturated rings. The van der Waals surface area contributed by atoms with Gasteiger partial charge < -0.3 is 18.9 Å². The lowest BCUT2D eigenvalue weighted by Crippen LogP contribution is -2.54. The number of ether oxygens (including phenoxy) is 4. The summed E-state index contributed by atoms with van der Waals surface area (Å²) in [6.45, 7) is 4.77. The van der Waals surface area contributed by atoms with Gasteiger partial charge in [-0.3, -0.25) is 4.84 Å². The summed E-state index contributed by atoms with van der Waals surface area (Å²) in [6, 6.07) is 29.2. The van der Waals surface area contributed by atoms with Crippen molar-refractivity contribution in [1.82, 2.24) is 5.06 Å². The molecule has 0 amide bonds. The molecule has 1 aliphatic carbocycles.